The van der Waals surface area contributed by atoms with Gasteiger partial charge in [-0.2, -0.15) is 0 Å². The number of hydrogen-bond acceptors (Lipinski definition) is 4. The molecule has 1 fully saturated rings. The van der Waals surface area contributed by atoms with Crippen molar-refractivity contribution in [2.45, 2.75) is 25.7 Å². The van der Waals surface area contributed by atoms with Crippen LogP contribution >= 0.6 is 0 Å². The number of benzene rings is 1. The smallest absolute Gasteiger partial charge is 0.340 e. The maximum atomic E-state index is 13.3. The zero-order chi connectivity index (χ0) is 14.8. The van der Waals surface area contributed by atoms with Crippen LogP contribution in [0.2, 0.25) is 0 Å². The van der Waals surface area contributed by atoms with E-state index in [9.17, 15) is 14.3 Å². The topological polar surface area (TPSA) is 95.6 Å². The van der Waals surface area contributed by atoms with Crippen molar-refractivity contribution in [2.24, 2.45) is 5.41 Å². The van der Waals surface area contributed by atoms with Gasteiger partial charge in [-0.25, -0.2) is 9.18 Å². The molecule has 0 spiro atoms. The molecule has 0 aromatic heterocycles. The van der Waals surface area contributed by atoms with Crippen LogP contribution in [-0.2, 0) is 0 Å². The second kappa shape index (κ2) is 5.66. The van der Waals surface area contributed by atoms with Crippen LogP contribution in [0.1, 0.15) is 36.0 Å². The molecule has 1 aliphatic carbocycles. The summed E-state index contributed by atoms with van der Waals surface area (Å²) in [5, 5.41) is 21.7. The van der Waals surface area contributed by atoms with Crippen molar-refractivity contribution in [3.05, 3.63) is 23.5 Å². The molecule has 1 aromatic rings. The SMILES string of the molecule is Nc1c(F)ccc(NCC2(CO)CCCC2)c1C(=O)O. The lowest BCUT2D eigenvalue weighted by Crippen LogP contribution is -2.31. The van der Waals surface area contributed by atoms with Crippen molar-refractivity contribution < 1.29 is 19.4 Å². The molecule has 1 saturated carbocycles. The van der Waals surface area contributed by atoms with Crippen molar-refractivity contribution in [1.82, 2.24) is 0 Å². The maximum Gasteiger partial charge on any atom is 0.340 e. The summed E-state index contributed by atoms with van der Waals surface area (Å²) < 4.78 is 13.3. The minimum Gasteiger partial charge on any atom is -0.478 e. The molecule has 0 amide bonds. The molecule has 0 radical (unpaired) electrons. The molecule has 1 aliphatic rings. The lowest BCUT2D eigenvalue weighted by molar-refractivity contribution is 0.0698. The van der Waals surface area contributed by atoms with Crippen LogP contribution in [0.15, 0.2) is 12.1 Å². The Balaban J connectivity index is 2.21. The van der Waals surface area contributed by atoms with E-state index < -0.39 is 11.8 Å². The largest absolute Gasteiger partial charge is 0.478 e. The summed E-state index contributed by atoms with van der Waals surface area (Å²) in [4.78, 5) is 11.2. The fourth-order valence-corrected chi connectivity index (χ4v) is 2.77. The predicted molar refractivity (Wildman–Crippen MR) is 74.2 cm³/mol. The van der Waals surface area contributed by atoms with Crippen LogP contribution in [0.25, 0.3) is 0 Å². The van der Waals surface area contributed by atoms with E-state index in [1.807, 2.05) is 0 Å². The van der Waals surface area contributed by atoms with Crippen LogP contribution in [0.5, 0.6) is 0 Å². The van der Waals surface area contributed by atoms with Gasteiger partial charge in [0, 0.05) is 12.0 Å². The first-order valence-corrected chi connectivity index (χ1v) is 6.65. The molecule has 0 heterocycles. The first-order valence-electron chi connectivity index (χ1n) is 6.65. The quantitative estimate of drug-likeness (QED) is 0.620. The van der Waals surface area contributed by atoms with Crippen LogP contribution in [0.3, 0.4) is 0 Å². The maximum absolute atomic E-state index is 13.3. The minimum absolute atomic E-state index is 0.0546. The Hall–Kier alpha value is -1.82. The minimum atomic E-state index is -1.27. The molecule has 2 rings (SSSR count). The Morgan fingerprint density at radius 2 is 2.05 bits per heavy atom. The monoisotopic (exact) mass is 282 g/mol. The van der Waals surface area contributed by atoms with E-state index >= 15 is 0 Å². The summed E-state index contributed by atoms with van der Waals surface area (Å²) >= 11 is 0. The average Bonchev–Trinajstić information content (AvgIpc) is 2.89. The molecule has 0 unspecified atom stereocenters. The number of nitrogens with two attached hydrogens (primary N) is 1. The van der Waals surface area contributed by atoms with E-state index in [1.165, 1.54) is 6.07 Å². The fourth-order valence-electron chi connectivity index (χ4n) is 2.77. The molecular formula is C14H19FN2O3. The molecule has 110 valence electrons. The summed E-state index contributed by atoms with van der Waals surface area (Å²) in [5.41, 5.74) is 4.93. The highest BCUT2D eigenvalue weighted by atomic mass is 19.1. The predicted octanol–water partition coefficient (Wildman–Crippen LogP) is 2.07. The lowest BCUT2D eigenvalue weighted by atomic mass is 9.87. The number of nitrogen functional groups attached to an aromatic ring is 1. The highest BCUT2D eigenvalue weighted by Gasteiger charge is 2.33. The van der Waals surface area contributed by atoms with Gasteiger partial charge in [-0.15, -0.1) is 0 Å². The van der Waals surface area contributed by atoms with E-state index in [1.54, 1.807) is 0 Å². The standard InChI is InChI=1S/C14H19FN2O3/c15-9-3-4-10(11(12(9)16)13(19)20)17-7-14(8-18)5-1-2-6-14/h3-4,17-18H,1-2,5-8,16H2,(H,19,20). The fraction of sp³-hybridized carbons (Fsp3) is 0.500. The van der Waals surface area contributed by atoms with Gasteiger partial charge in [0.2, 0.25) is 0 Å². The lowest BCUT2D eigenvalue weighted by Gasteiger charge is -2.27. The third-order valence-electron chi connectivity index (χ3n) is 4.06. The van der Waals surface area contributed by atoms with Gasteiger partial charge >= 0.3 is 5.97 Å². The highest BCUT2D eigenvalue weighted by Crippen LogP contribution is 2.38. The number of aromatic carboxylic acids is 1. The van der Waals surface area contributed by atoms with Crippen molar-refractivity contribution in [3.8, 4) is 0 Å². The van der Waals surface area contributed by atoms with Gasteiger partial charge in [0.05, 0.1) is 18.0 Å². The van der Waals surface area contributed by atoms with Gasteiger partial charge < -0.3 is 21.3 Å². The van der Waals surface area contributed by atoms with Gasteiger partial charge in [0.15, 0.2) is 0 Å². The molecule has 6 heteroatoms. The van der Waals surface area contributed by atoms with Crippen LogP contribution in [0, 0.1) is 11.2 Å². The molecular weight excluding hydrogens is 263 g/mol. The summed E-state index contributed by atoms with van der Waals surface area (Å²) in [6.45, 7) is 0.508. The van der Waals surface area contributed by atoms with E-state index in [2.05, 4.69) is 5.32 Å². The number of halogens is 1. The van der Waals surface area contributed by atoms with Gasteiger partial charge in [-0.1, -0.05) is 12.8 Å². The van der Waals surface area contributed by atoms with Gasteiger partial charge in [-0.05, 0) is 25.0 Å². The molecule has 5 nitrogen and oxygen atoms in total. The number of carboxylic acid groups (broad SMARTS) is 1. The second-order valence-corrected chi connectivity index (χ2v) is 5.41. The average molecular weight is 282 g/mol. The third kappa shape index (κ3) is 2.70. The normalized spacial score (nSPS) is 17.1. The number of carbonyl (C=O) groups is 1. The third-order valence-corrected chi connectivity index (χ3v) is 4.06. The van der Waals surface area contributed by atoms with Crippen molar-refractivity contribution >= 4 is 17.3 Å². The Labute approximate surface area is 116 Å². The van der Waals surface area contributed by atoms with Crippen molar-refractivity contribution in [3.63, 3.8) is 0 Å². The van der Waals surface area contributed by atoms with E-state index in [4.69, 9.17) is 10.8 Å². The molecule has 0 aliphatic heterocycles. The molecule has 0 atom stereocenters. The Bertz CT molecular complexity index is 513. The molecule has 0 saturated heterocycles. The van der Waals surface area contributed by atoms with Gasteiger partial charge in [0.1, 0.15) is 11.4 Å². The second-order valence-electron chi connectivity index (χ2n) is 5.41. The number of aliphatic hydroxyl groups excluding tert-OH is 1. The highest BCUT2D eigenvalue weighted by molar-refractivity contribution is 6.00. The van der Waals surface area contributed by atoms with E-state index in [-0.39, 0.29) is 29.0 Å². The van der Waals surface area contributed by atoms with Crippen molar-refractivity contribution in [1.29, 1.82) is 0 Å². The summed E-state index contributed by atoms with van der Waals surface area (Å²) in [7, 11) is 0. The van der Waals surface area contributed by atoms with E-state index in [0.717, 1.165) is 31.7 Å². The number of nitrogens with one attached hydrogen (secondary N) is 1. The molecule has 1 aromatic carbocycles. The Morgan fingerprint density at radius 3 is 2.60 bits per heavy atom. The number of hydrogen-bond donors (Lipinski definition) is 4. The Morgan fingerprint density at radius 1 is 1.40 bits per heavy atom. The van der Waals surface area contributed by atoms with Gasteiger partial charge in [0.25, 0.3) is 0 Å². The van der Waals surface area contributed by atoms with Crippen LogP contribution in [0.4, 0.5) is 15.8 Å². The van der Waals surface area contributed by atoms with Crippen molar-refractivity contribution in [2.75, 3.05) is 24.2 Å². The number of rotatable bonds is 5. The summed E-state index contributed by atoms with van der Waals surface area (Å²) in [6.07, 6.45) is 3.91. The van der Waals surface area contributed by atoms with Crippen LogP contribution < -0.4 is 11.1 Å². The number of anilines is 2. The first kappa shape index (κ1) is 14.6. The van der Waals surface area contributed by atoms with Crippen LogP contribution in [-0.4, -0.2) is 29.3 Å². The number of carboxylic acids is 1. The summed E-state index contributed by atoms with van der Waals surface area (Å²) in [5.74, 6) is -2.01. The zero-order valence-corrected chi connectivity index (χ0v) is 11.2. The van der Waals surface area contributed by atoms with E-state index in [0.29, 0.717) is 6.54 Å². The summed E-state index contributed by atoms with van der Waals surface area (Å²) in [6, 6.07) is 2.51. The number of aliphatic hydroxyl groups is 1. The van der Waals surface area contributed by atoms with Gasteiger partial charge in [-0.3, -0.25) is 0 Å². The molecule has 0 bridgehead atoms. The zero-order valence-electron chi connectivity index (χ0n) is 11.2. The Kier molecular flexibility index (Phi) is 4.13. The molecule has 5 N–H and O–H groups in total. The first-order chi connectivity index (χ1) is 9.49. The molecule has 20 heavy (non-hydrogen) atoms.